The van der Waals surface area contributed by atoms with Crippen LogP contribution in [0.4, 0.5) is 0 Å². The molecule has 0 aliphatic carbocycles. The Morgan fingerprint density at radius 3 is 2.00 bits per heavy atom. The summed E-state index contributed by atoms with van der Waals surface area (Å²) in [4.78, 5) is 0. The third kappa shape index (κ3) is 11.3. The highest BCUT2D eigenvalue weighted by atomic mass is 16.5. The SMILES string of the molecule is CC(C)(C)C#COCNC(C)(C)C. The maximum atomic E-state index is 5.11. The molecule has 0 aromatic heterocycles. The van der Waals surface area contributed by atoms with Gasteiger partial charge in [-0.05, 0) is 41.5 Å². The highest BCUT2D eigenvalue weighted by molar-refractivity contribution is 5.02. The predicted molar refractivity (Wildman–Crippen MR) is 56.1 cm³/mol. The van der Waals surface area contributed by atoms with E-state index in [1.807, 2.05) is 0 Å². The van der Waals surface area contributed by atoms with Crippen LogP contribution in [-0.2, 0) is 4.74 Å². The van der Waals surface area contributed by atoms with Crippen molar-refractivity contribution < 1.29 is 4.74 Å². The minimum absolute atomic E-state index is 0.0156. The van der Waals surface area contributed by atoms with Crippen molar-refractivity contribution in [2.45, 2.75) is 47.1 Å². The van der Waals surface area contributed by atoms with Crippen LogP contribution >= 0.6 is 0 Å². The van der Waals surface area contributed by atoms with Gasteiger partial charge in [0.15, 0.2) is 6.73 Å². The van der Waals surface area contributed by atoms with Crippen molar-refractivity contribution in [2.75, 3.05) is 6.73 Å². The molecular weight excluding hydrogens is 162 g/mol. The molecule has 0 heterocycles. The van der Waals surface area contributed by atoms with Crippen molar-refractivity contribution >= 4 is 0 Å². The minimum atomic E-state index is 0.0156. The van der Waals surface area contributed by atoms with Crippen LogP contribution in [0.2, 0.25) is 0 Å². The second kappa shape index (κ2) is 4.53. The Hall–Kier alpha value is -0.680. The zero-order valence-electron chi connectivity index (χ0n) is 9.62. The van der Waals surface area contributed by atoms with Gasteiger partial charge in [0, 0.05) is 11.0 Å². The quantitative estimate of drug-likeness (QED) is 0.403. The Labute approximate surface area is 82.1 Å². The summed E-state index contributed by atoms with van der Waals surface area (Å²) in [7, 11) is 0. The molecule has 0 saturated heterocycles. The van der Waals surface area contributed by atoms with Crippen LogP contribution in [0.15, 0.2) is 0 Å². The number of hydrogen-bond donors (Lipinski definition) is 1. The van der Waals surface area contributed by atoms with E-state index in [1.54, 1.807) is 0 Å². The lowest BCUT2D eigenvalue weighted by Crippen LogP contribution is -2.36. The summed E-state index contributed by atoms with van der Waals surface area (Å²) in [5.41, 5.74) is 0.102. The smallest absolute Gasteiger partial charge is 0.151 e. The summed E-state index contributed by atoms with van der Waals surface area (Å²) in [5, 5.41) is 3.18. The Kier molecular flexibility index (Phi) is 4.29. The molecule has 0 aliphatic rings. The fourth-order valence-electron chi connectivity index (χ4n) is 0.478. The third-order valence-corrected chi connectivity index (χ3v) is 1.17. The molecule has 0 aliphatic heterocycles. The van der Waals surface area contributed by atoms with E-state index < -0.39 is 0 Å². The van der Waals surface area contributed by atoms with E-state index >= 15 is 0 Å². The van der Waals surface area contributed by atoms with Gasteiger partial charge in [-0.2, -0.15) is 0 Å². The first-order valence-electron chi connectivity index (χ1n) is 4.60. The van der Waals surface area contributed by atoms with E-state index in [4.69, 9.17) is 4.74 Å². The number of hydrogen-bond acceptors (Lipinski definition) is 2. The van der Waals surface area contributed by atoms with Crippen LogP contribution < -0.4 is 5.32 Å². The molecule has 0 aromatic carbocycles. The monoisotopic (exact) mass is 183 g/mol. The molecule has 0 bridgehead atoms. The Morgan fingerprint density at radius 2 is 1.62 bits per heavy atom. The number of ether oxygens (including phenoxy) is 1. The molecule has 2 heteroatoms. The first-order valence-corrected chi connectivity index (χ1v) is 4.60. The van der Waals surface area contributed by atoms with Crippen molar-refractivity contribution in [3.63, 3.8) is 0 Å². The summed E-state index contributed by atoms with van der Waals surface area (Å²) in [5.74, 6) is 3.00. The van der Waals surface area contributed by atoms with Crippen LogP contribution in [-0.4, -0.2) is 12.3 Å². The van der Waals surface area contributed by atoms with Crippen LogP contribution in [0.25, 0.3) is 0 Å². The van der Waals surface area contributed by atoms with E-state index in [0.717, 1.165) is 0 Å². The summed E-state index contributed by atoms with van der Waals surface area (Å²) < 4.78 is 5.11. The first-order chi connectivity index (χ1) is 5.71. The molecule has 0 radical (unpaired) electrons. The van der Waals surface area contributed by atoms with Crippen LogP contribution in [0.3, 0.4) is 0 Å². The largest absolute Gasteiger partial charge is 0.431 e. The summed E-state index contributed by atoms with van der Waals surface area (Å²) in [6.45, 7) is 12.9. The van der Waals surface area contributed by atoms with Crippen LogP contribution in [0.5, 0.6) is 0 Å². The van der Waals surface area contributed by atoms with Crippen LogP contribution in [0, 0.1) is 17.4 Å². The molecule has 0 saturated carbocycles. The van der Waals surface area contributed by atoms with Gasteiger partial charge < -0.3 is 4.74 Å². The maximum absolute atomic E-state index is 5.11. The molecule has 0 spiro atoms. The molecule has 0 amide bonds. The predicted octanol–water partition coefficient (Wildman–Crippen LogP) is 2.36. The molecule has 0 rings (SSSR count). The van der Waals surface area contributed by atoms with Crippen molar-refractivity contribution in [1.82, 2.24) is 5.32 Å². The van der Waals surface area contributed by atoms with Gasteiger partial charge in [0.1, 0.15) is 6.11 Å². The van der Waals surface area contributed by atoms with Gasteiger partial charge in [-0.3, -0.25) is 5.32 Å². The molecule has 0 unspecified atom stereocenters. The normalized spacial score (nSPS) is 11.8. The van der Waals surface area contributed by atoms with Crippen molar-refractivity contribution in [3.05, 3.63) is 0 Å². The Balaban J connectivity index is 3.62. The van der Waals surface area contributed by atoms with Crippen molar-refractivity contribution in [3.8, 4) is 12.0 Å². The van der Waals surface area contributed by atoms with Gasteiger partial charge in [0.05, 0.1) is 0 Å². The average molecular weight is 183 g/mol. The van der Waals surface area contributed by atoms with Gasteiger partial charge in [0.25, 0.3) is 0 Å². The summed E-state index contributed by atoms with van der Waals surface area (Å²) >= 11 is 0. The molecule has 13 heavy (non-hydrogen) atoms. The lowest BCUT2D eigenvalue weighted by atomic mass is 9.99. The Bertz CT molecular complexity index is 197. The highest BCUT2D eigenvalue weighted by Crippen LogP contribution is 2.09. The fourth-order valence-corrected chi connectivity index (χ4v) is 0.478. The second-order valence-corrected chi connectivity index (χ2v) is 5.19. The molecule has 0 aromatic rings. The standard InChI is InChI=1S/C11H21NO/c1-10(2,3)7-8-13-9-12-11(4,5)6/h12H,9H2,1-6H3. The van der Waals surface area contributed by atoms with E-state index in [0.29, 0.717) is 6.73 Å². The highest BCUT2D eigenvalue weighted by Gasteiger charge is 2.07. The second-order valence-electron chi connectivity index (χ2n) is 5.19. The van der Waals surface area contributed by atoms with Crippen molar-refractivity contribution in [2.24, 2.45) is 5.41 Å². The topological polar surface area (TPSA) is 21.3 Å². The molecule has 0 atom stereocenters. The summed E-state index contributed by atoms with van der Waals surface area (Å²) in [6, 6.07) is 0. The average Bonchev–Trinajstić information content (AvgIpc) is 1.81. The van der Waals surface area contributed by atoms with Gasteiger partial charge in [0.2, 0.25) is 0 Å². The molecule has 76 valence electrons. The number of rotatable bonds is 2. The van der Waals surface area contributed by atoms with E-state index in [1.165, 1.54) is 0 Å². The molecule has 1 N–H and O–H groups in total. The van der Waals surface area contributed by atoms with Crippen molar-refractivity contribution in [1.29, 1.82) is 0 Å². The zero-order valence-corrected chi connectivity index (χ0v) is 9.62. The van der Waals surface area contributed by atoms with Gasteiger partial charge in [-0.1, -0.05) is 5.92 Å². The lowest BCUT2D eigenvalue weighted by Gasteiger charge is -2.19. The van der Waals surface area contributed by atoms with E-state index in [-0.39, 0.29) is 11.0 Å². The number of nitrogens with one attached hydrogen (secondary N) is 1. The fraction of sp³-hybridized carbons (Fsp3) is 0.818. The molecule has 0 fully saturated rings. The van der Waals surface area contributed by atoms with Gasteiger partial charge in [-0.25, -0.2) is 0 Å². The third-order valence-electron chi connectivity index (χ3n) is 1.17. The zero-order chi connectivity index (χ0) is 10.5. The lowest BCUT2D eigenvalue weighted by molar-refractivity contribution is 0.207. The molecular formula is C11H21NO. The minimum Gasteiger partial charge on any atom is -0.431 e. The van der Waals surface area contributed by atoms with Gasteiger partial charge >= 0.3 is 0 Å². The van der Waals surface area contributed by atoms with E-state index in [2.05, 4.69) is 58.9 Å². The maximum Gasteiger partial charge on any atom is 0.151 e. The molecule has 2 nitrogen and oxygen atoms in total. The first kappa shape index (κ1) is 12.3. The Morgan fingerprint density at radius 1 is 1.08 bits per heavy atom. The van der Waals surface area contributed by atoms with Gasteiger partial charge in [-0.15, -0.1) is 0 Å². The summed E-state index contributed by atoms with van der Waals surface area (Å²) in [6.07, 6.45) is 2.69. The van der Waals surface area contributed by atoms with E-state index in [9.17, 15) is 0 Å². The van der Waals surface area contributed by atoms with Crippen LogP contribution in [0.1, 0.15) is 41.5 Å².